The van der Waals surface area contributed by atoms with Crippen molar-refractivity contribution in [2.45, 2.75) is 0 Å². The lowest BCUT2D eigenvalue weighted by Crippen LogP contribution is -2.27. The van der Waals surface area contributed by atoms with E-state index >= 15 is 0 Å². The Labute approximate surface area is 145 Å². The lowest BCUT2D eigenvalue weighted by molar-refractivity contribution is -0.118. The molecule has 1 unspecified atom stereocenters. The Kier molecular flexibility index (Phi) is 4.57. The van der Waals surface area contributed by atoms with Gasteiger partial charge in [-0.15, -0.1) is 0 Å². The average molecular weight is 333 g/mol. The zero-order chi connectivity index (χ0) is 17.8. The van der Waals surface area contributed by atoms with Crippen LogP contribution in [0.5, 0.6) is 11.5 Å². The number of carbonyl (C=O) groups excluding carboxylic acids is 1. The van der Waals surface area contributed by atoms with Crippen LogP contribution in [0.25, 0.3) is 6.08 Å². The normalized spacial score (nSPS) is 18.8. The first-order valence-corrected chi connectivity index (χ1v) is 7.57. The Hall–Kier alpha value is -3.46. The molecule has 1 heterocycles. The van der Waals surface area contributed by atoms with E-state index < -0.39 is 5.92 Å². The highest BCUT2D eigenvalue weighted by atomic mass is 16.5. The smallest absolute Gasteiger partial charge is 0.260 e. The van der Waals surface area contributed by atoms with E-state index in [1.54, 1.807) is 48.6 Å². The molecule has 1 aliphatic carbocycles. The molecule has 0 N–H and O–H groups in total. The zero-order valence-electron chi connectivity index (χ0n) is 13.8. The Morgan fingerprint density at radius 2 is 2.08 bits per heavy atom. The van der Waals surface area contributed by atoms with Gasteiger partial charge in [-0.3, -0.25) is 4.79 Å². The van der Waals surface area contributed by atoms with E-state index in [0.717, 1.165) is 0 Å². The third kappa shape index (κ3) is 3.12. The van der Waals surface area contributed by atoms with Crippen LogP contribution in [0.1, 0.15) is 5.56 Å². The molecule has 1 aromatic carbocycles. The van der Waals surface area contributed by atoms with E-state index in [1.165, 1.54) is 14.2 Å². The molecule has 25 heavy (non-hydrogen) atoms. The standard InChI is InChI=1S/C19H15N3O3/c1-24-16-9-5-6-12(17(16)25-2)10-13(11-20)18-21-15-8-4-3-7-14(15)19(23)22-18/h3-10,14H,1-2H3/b13-10+. The Morgan fingerprint density at radius 3 is 2.80 bits per heavy atom. The minimum atomic E-state index is -0.472. The third-order valence-corrected chi connectivity index (χ3v) is 3.81. The number of rotatable bonds is 4. The Morgan fingerprint density at radius 1 is 1.24 bits per heavy atom. The Bertz CT molecular complexity index is 914. The number of nitriles is 1. The van der Waals surface area contributed by atoms with Crippen molar-refractivity contribution < 1.29 is 14.3 Å². The van der Waals surface area contributed by atoms with E-state index in [2.05, 4.69) is 16.1 Å². The zero-order valence-corrected chi connectivity index (χ0v) is 13.8. The predicted octanol–water partition coefficient (Wildman–Crippen LogP) is 2.73. The molecular formula is C19H15N3O3. The number of methoxy groups -OCH3 is 2. The number of fused-ring (bicyclic) bond motifs is 1. The lowest BCUT2D eigenvalue weighted by atomic mass is 9.96. The maximum Gasteiger partial charge on any atom is 0.260 e. The van der Waals surface area contributed by atoms with E-state index in [0.29, 0.717) is 22.8 Å². The summed E-state index contributed by atoms with van der Waals surface area (Å²) in [5.74, 6) is 0.330. The molecule has 0 fully saturated rings. The summed E-state index contributed by atoms with van der Waals surface area (Å²) in [6.07, 6.45) is 8.65. The monoisotopic (exact) mass is 333 g/mol. The quantitative estimate of drug-likeness (QED) is 0.793. The fourth-order valence-electron chi connectivity index (χ4n) is 2.62. The van der Waals surface area contributed by atoms with Gasteiger partial charge in [0.1, 0.15) is 12.0 Å². The molecule has 0 spiro atoms. The van der Waals surface area contributed by atoms with Gasteiger partial charge in [0.15, 0.2) is 17.3 Å². The second-order valence-corrected chi connectivity index (χ2v) is 5.28. The number of ether oxygens (including phenoxy) is 2. The molecule has 0 saturated carbocycles. The molecule has 1 aromatic rings. The number of amides is 1. The van der Waals surface area contributed by atoms with Crippen molar-refractivity contribution in [3.8, 4) is 17.6 Å². The van der Waals surface area contributed by atoms with E-state index in [-0.39, 0.29) is 17.3 Å². The highest BCUT2D eigenvalue weighted by Crippen LogP contribution is 2.32. The first kappa shape index (κ1) is 16.4. The van der Waals surface area contributed by atoms with Crippen molar-refractivity contribution in [3.63, 3.8) is 0 Å². The second kappa shape index (κ2) is 6.97. The largest absolute Gasteiger partial charge is 0.493 e. The summed E-state index contributed by atoms with van der Waals surface area (Å²) in [4.78, 5) is 20.5. The van der Waals surface area contributed by atoms with Crippen molar-refractivity contribution in [1.29, 1.82) is 5.26 Å². The Balaban J connectivity index is 2.05. The number of para-hydroxylation sites is 1. The SMILES string of the molecule is COc1cccc(/C=C(\C#N)C2=NC(=O)C3C=CC=CC3=N2)c1OC. The molecule has 6 heteroatoms. The van der Waals surface area contributed by atoms with Crippen molar-refractivity contribution in [2.24, 2.45) is 15.9 Å². The van der Waals surface area contributed by atoms with Gasteiger partial charge in [0.25, 0.3) is 5.91 Å². The van der Waals surface area contributed by atoms with Crippen molar-refractivity contribution in [2.75, 3.05) is 14.2 Å². The van der Waals surface area contributed by atoms with Crippen molar-refractivity contribution in [3.05, 3.63) is 53.6 Å². The van der Waals surface area contributed by atoms with Crippen LogP contribution in [0.15, 0.2) is 58.1 Å². The van der Waals surface area contributed by atoms with E-state index in [1.807, 2.05) is 0 Å². The van der Waals surface area contributed by atoms with Gasteiger partial charge in [0.2, 0.25) is 0 Å². The summed E-state index contributed by atoms with van der Waals surface area (Å²) in [6.45, 7) is 0. The molecule has 3 rings (SSSR count). The van der Waals surface area contributed by atoms with Crippen LogP contribution < -0.4 is 9.47 Å². The molecule has 124 valence electrons. The van der Waals surface area contributed by atoms with Crippen LogP contribution in [-0.2, 0) is 4.79 Å². The van der Waals surface area contributed by atoms with E-state index in [4.69, 9.17) is 9.47 Å². The van der Waals surface area contributed by atoms with Crippen LogP contribution in [0, 0.1) is 17.2 Å². The maximum absolute atomic E-state index is 12.2. The van der Waals surface area contributed by atoms with Crippen molar-refractivity contribution >= 4 is 23.5 Å². The van der Waals surface area contributed by atoms with Gasteiger partial charge in [-0.1, -0.05) is 30.4 Å². The highest BCUT2D eigenvalue weighted by molar-refractivity contribution is 6.26. The number of nitrogens with zero attached hydrogens (tertiary/aromatic N) is 3. The molecule has 0 radical (unpaired) electrons. The average Bonchev–Trinajstić information content (AvgIpc) is 2.65. The summed E-state index contributed by atoms with van der Waals surface area (Å²) in [5, 5.41) is 9.53. The van der Waals surface area contributed by atoms with Crippen LogP contribution >= 0.6 is 0 Å². The number of aliphatic imine (C=N–C) groups is 2. The van der Waals surface area contributed by atoms with Gasteiger partial charge in [-0.25, -0.2) is 4.99 Å². The summed E-state index contributed by atoms with van der Waals surface area (Å²) in [6, 6.07) is 7.38. The van der Waals surface area contributed by atoms with Gasteiger partial charge in [0.05, 0.1) is 25.5 Å². The number of hydrogen-bond acceptors (Lipinski definition) is 5. The third-order valence-electron chi connectivity index (χ3n) is 3.81. The molecule has 2 aliphatic rings. The number of allylic oxidation sites excluding steroid dienone is 3. The number of carbonyl (C=O) groups is 1. The minimum Gasteiger partial charge on any atom is -0.493 e. The van der Waals surface area contributed by atoms with Gasteiger partial charge >= 0.3 is 0 Å². The van der Waals surface area contributed by atoms with Crippen molar-refractivity contribution in [1.82, 2.24) is 0 Å². The van der Waals surface area contributed by atoms with Gasteiger partial charge in [-0.05, 0) is 18.2 Å². The fraction of sp³-hybridized carbons (Fsp3) is 0.158. The molecule has 1 amide bonds. The summed E-state index contributed by atoms with van der Waals surface area (Å²) < 4.78 is 10.6. The predicted molar refractivity (Wildman–Crippen MR) is 94.8 cm³/mol. The van der Waals surface area contributed by atoms with Gasteiger partial charge in [-0.2, -0.15) is 10.3 Å². The maximum atomic E-state index is 12.2. The van der Waals surface area contributed by atoms with Crippen LogP contribution in [0.4, 0.5) is 0 Å². The molecule has 0 aromatic heterocycles. The topological polar surface area (TPSA) is 84.0 Å². The fourth-order valence-corrected chi connectivity index (χ4v) is 2.62. The first-order valence-electron chi connectivity index (χ1n) is 7.57. The molecule has 1 atom stereocenters. The highest BCUT2D eigenvalue weighted by Gasteiger charge is 2.27. The van der Waals surface area contributed by atoms with Crippen LogP contribution in [0.2, 0.25) is 0 Å². The van der Waals surface area contributed by atoms with Gasteiger partial charge in [0, 0.05) is 5.56 Å². The van der Waals surface area contributed by atoms with Gasteiger partial charge < -0.3 is 9.47 Å². The first-order chi connectivity index (χ1) is 12.2. The molecule has 0 bridgehead atoms. The minimum absolute atomic E-state index is 0.101. The molecular weight excluding hydrogens is 318 g/mol. The molecule has 6 nitrogen and oxygen atoms in total. The van der Waals surface area contributed by atoms with Crippen LogP contribution in [-0.4, -0.2) is 31.7 Å². The number of hydrogen-bond donors (Lipinski definition) is 0. The summed E-state index contributed by atoms with van der Waals surface area (Å²) in [5.41, 5.74) is 1.39. The summed E-state index contributed by atoms with van der Waals surface area (Å²) >= 11 is 0. The van der Waals surface area contributed by atoms with E-state index in [9.17, 15) is 10.1 Å². The molecule has 1 aliphatic heterocycles. The van der Waals surface area contributed by atoms with Crippen LogP contribution in [0.3, 0.4) is 0 Å². The number of amidine groups is 1. The number of benzene rings is 1. The lowest BCUT2D eigenvalue weighted by Gasteiger charge is -2.17. The summed E-state index contributed by atoms with van der Waals surface area (Å²) in [7, 11) is 3.06. The second-order valence-electron chi connectivity index (χ2n) is 5.28. The molecule has 0 saturated heterocycles.